The average Bonchev–Trinajstić information content (AvgIpc) is 2.94. The fourth-order valence-electron chi connectivity index (χ4n) is 5.82. The van der Waals surface area contributed by atoms with Crippen molar-refractivity contribution in [3.8, 4) is 11.4 Å². The normalized spacial score (nSPS) is 18.7. The number of hydrogen-bond acceptors (Lipinski definition) is 5. The molecule has 1 spiro atoms. The summed E-state index contributed by atoms with van der Waals surface area (Å²) in [6.07, 6.45) is 8.61. The van der Waals surface area contributed by atoms with Gasteiger partial charge in [0.05, 0.1) is 16.2 Å². The highest BCUT2D eigenvalue weighted by Gasteiger charge is 2.41. The molecule has 190 valence electrons. The van der Waals surface area contributed by atoms with Crippen LogP contribution < -0.4 is 15.5 Å². The Labute approximate surface area is 221 Å². The first-order chi connectivity index (χ1) is 18.0. The van der Waals surface area contributed by atoms with E-state index in [-0.39, 0.29) is 17.5 Å². The summed E-state index contributed by atoms with van der Waals surface area (Å²) in [4.78, 5) is 38.3. The van der Waals surface area contributed by atoms with Crippen molar-refractivity contribution in [2.75, 3.05) is 36.4 Å². The number of piperazine rings is 1. The molecule has 1 aromatic heterocycles. The predicted molar refractivity (Wildman–Crippen MR) is 144 cm³/mol. The Bertz CT molecular complexity index is 1320. The number of carbonyl (C=O) groups is 2. The smallest absolute Gasteiger partial charge is 0.319 e. The van der Waals surface area contributed by atoms with Crippen molar-refractivity contribution in [2.45, 2.75) is 37.6 Å². The third kappa shape index (κ3) is 4.50. The zero-order valence-electron chi connectivity index (χ0n) is 20.5. The van der Waals surface area contributed by atoms with Crippen LogP contribution in [0.5, 0.6) is 0 Å². The maximum atomic E-state index is 13.2. The van der Waals surface area contributed by atoms with Crippen molar-refractivity contribution in [1.29, 1.82) is 0 Å². The lowest BCUT2D eigenvalue weighted by atomic mass is 9.75. The van der Waals surface area contributed by atoms with E-state index in [4.69, 9.17) is 11.6 Å². The topological polar surface area (TPSA) is 90.5 Å². The largest absolute Gasteiger partial charge is 0.368 e. The second kappa shape index (κ2) is 9.67. The van der Waals surface area contributed by atoms with E-state index in [1.807, 2.05) is 35.2 Å². The molecule has 3 amide bonds. The molecule has 2 fully saturated rings. The minimum Gasteiger partial charge on any atom is -0.368 e. The number of benzene rings is 2. The monoisotopic (exact) mass is 516 g/mol. The number of anilines is 2. The Morgan fingerprint density at radius 2 is 1.65 bits per heavy atom. The lowest BCUT2D eigenvalue weighted by Gasteiger charge is -2.44. The third-order valence-electron chi connectivity index (χ3n) is 7.78. The molecule has 0 unspecified atom stereocenters. The second-order valence-corrected chi connectivity index (χ2v) is 10.4. The molecule has 3 heterocycles. The Morgan fingerprint density at radius 3 is 2.35 bits per heavy atom. The number of halogens is 1. The van der Waals surface area contributed by atoms with Crippen LogP contribution in [0.15, 0.2) is 54.9 Å². The number of amides is 3. The molecule has 2 N–H and O–H groups in total. The van der Waals surface area contributed by atoms with Crippen LogP contribution in [0.3, 0.4) is 0 Å². The number of nitrogens with one attached hydrogen (secondary N) is 2. The molecule has 2 aliphatic heterocycles. The highest BCUT2D eigenvalue weighted by Crippen LogP contribution is 2.46. The van der Waals surface area contributed by atoms with Crippen molar-refractivity contribution in [2.24, 2.45) is 0 Å². The van der Waals surface area contributed by atoms with Crippen LogP contribution in [0, 0.1) is 0 Å². The molecular formula is C28H29ClN6O2. The molecule has 1 saturated carbocycles. The van der Waals surface area contributed by atoms with Crippen molar-refractivity contribution in [1.82, 2.24) is 20.2 Å². The van der Waals surface area contributed by atoms with Crippen LogP contribution in [0.4, 0.5) is 16.2 Å². The Morgan fingerprint density at radius 1 is 0.946 bits per heavy atom. The standard InChI is InChI=1S/C28H29ClN6O2/c29-23-18-21(17-22-24(23)32-27(37)33-28(22)9-2-1-3-10-28)34-13-15-35(16-14-34)26(36)20-7-5-19(6-8-20)25-30-11-4-12-31-25/h4-8,11-12,17-18H,1-3,9-10,13-16H2,(H2,32,33,37). The van der Waals surface area contributed by atoms with E-state index in [0.29, 0.717) is 42.6 Å². The maximum absolute atomic E-state index is 13.2. The van der Waals surface area contributed by atoms with Crippen LogP contribution in [0.25, 0.3) is 11.4 Å². The van der Waals surface area contributed by atoms with Gasteiger partial charge in [0.2, 0.25) is 0 Å². The summed E-state index contributed by atoms with van der Waals surface area (Å²) in [5.41, 5.74) is 4.03. The van der Waals surface area contributed by atoms with E-state index in [9.17, 15) is 9.59 Å². The van der Waals surface area contributed by atoms with Gasteiger partial charge in [-0.1, -0.05) is 43.0 Å². The lowest BCUT2D eigenvalue weighted by Crippen LogP contribution is -2.53. The second-order valence-electron chi connectivity index (χ2n) is 10.0. The molecule has 1 saturated heterocycles. The molecule has 37 heavy (non-hydrogen) atoms. The van der Waals surface area contributed by atoms with Crippen molar-refractivity contribution in [3.05, 3.63) is 71.0 Å². The minimum atomic E-state index is -0.357. The molecule has 0 bridgehead atoms. The highest BCUT2D eigenvalue weighted by atomic mass is 35.5. The van der Waals surface area contributed by atoms with Gasteiger partial charge in [-0.2, -0.15) is 0 Å². The van der Waals surface area contributed by atoms with E-state index in [0.717, 1.165) is 48.2 Å². The Balaban J connectivity index is 1.17. The SMILES string of the molecule is O=C1Nc2c(Cl)cc(N3CCN(C(=O)c4ccc(-c5ncccn5)cc4)CC3)cc2C2(CCCCC2)N1. The molecule has 9 heteroatoms. The molecule has 2 aromatic carbocycles. The number of hydrogen-bond donors (Lipinski definition) is 2. The number of rotatable bonds is 3. The molecule has 0 atom stereocenters. The van der Waals surface area contributed by atoms with Gasteiger partial charge >= 0.3 is 6.03 Å². The predicted octanol–water partition coefficient (Wildman–Crippen LogP) is 5.05. The summed E-state index contributed by atoms with van der Waals surface area (Å²) in [6.45, 7) is 2.67. The van der Waals surface area contributed by atoms with Crippen LogP contribution >= 0.6 is 11.6 Å². The van der Waals surface area contributed by atoms with Crippen LogP contribution in [0.1, 0.15) is 48.0 Å². The molecule has 3 aliphatic rings. The van der Waals surface area contributed by atoms with Crippen LogP contribution in [0.2, 0.25) is 5.02 Å². The Kier molecular flexibility index (Phi) is 6.20. The van der Waals surface area contributed by atoms with Crippen LogP contribution in [-0.2, 0) is 5.54 Å². The van der Waals surface area contributed by atoms with E-state index in [2.05, 4.69) is 31.6 Å². The summed E-state index contributed by atoms with van der Waals surface area (Å²) < 4.78 is 0. The van der Waals surface area contributed by atoms with Gasteiger partial charge in [0.15, 0.2) is 5.82 Å². The summed E-state index contributed by atoms with van der Waals surface area (Å²) in [5, 5.41) is 6.70. The lowest BCUT2D eigenvalue weighted by molar-refractivity contribution is 0.0747. The van der Waals surface area contributed by atoms with Crippen molar-refractivity contribution in [3.63, 3.8) is 0 Å². The van der Waals surface area contributed by atoms with Gasteiger partial charge in [-0.3, -0.25) is 4.79 Å². The number of fused-ring (bicyclic) bond motifs is 2. The number of nitrogens with zero attached hydrogens (tertiary/aromatic N) is 4. The molecule has 0 radical (unpaired) electrons. The van der Waals surface area contributed by atoms with Crippen LogP contribution in [-0.4, -0.2) is 53.0 Å². The minimum absolute atomic E-state index is 0.0247. The van der Waals surface area contributed by atoms with Gasteiger partial charge < -0.3 is 20.4 Å². The van der Waals surface area contributed by atoms with Gasteiger partial charge in [0.1, 0.15) is 0 Å². The number of aromatic nitrogens is 2. The van der Waals surface area contributed by atoms with E-state index < -0.39 is 0 Å². The molecule has 8 nitrogen and oxygen atoms in total. The van der Waals surface area contributed by atoms with E-state index in [1.165, 1.54) is 6.42 Å². The molecule has 3 aromatic rings. The van der Waals surface area contributed by atoms with Gasteiger partial charge in [-0.25, -0.2) is 14.8 Å². The first-order valence-corrected chi connectivity index (χ1v) is 13.3. The quantitative estimate of drug-likeness (QED) is 0.508. The van der Waals surface area contributed by atoms with Crippen molar-refractivity contribution < 1.29 is 9.59 Å². The fourth-order valence-corrected chi connectivity index (χ4v) is 6.08. The zero-order chi connectivity index (χ0) is 25.4. The number of urea groups is 1. The van der Waals surface area contributed by atoms with Gasteiger partial charge in [-0.15, -0.1) is 0 Å². The van der Waals surface area contributed by atoms with Crippen molar-refractivity contribution >= 4 is 34.9 Å². The summed E-state index contributed by atoms with van der Waals surface area (Å²) in [7, 11) is 0. The number of carbonyl (C=O) groups excluding carboxylic acids is 2. The molecule has 6 rings (SSSR count). The average molecular weight is 517 g/mol. The van der Waals surface area contributed by atoms with Gasteiger partial charge in [-0.05, 0) is 43.2 Å². The van der Waals surface area contributed by atoms with E-state index in [1.54, 1.807) is 18.5 Å². The highest BCUT2D eigenvalue weighted by molar-refractivity contribution is 6.34. The first kappa shape index (κ1) is 23.7. The first-order valence-electron chi connectivity index (χ1n) is 12.9. The Hall–Kier alpha value is -3.65. The summed E-state index contributed by atoms with van der Waals surface area (Å²) in [5.74, 6) is 0.667. The molecular weight excluding hydrogens is 488 g/mol. The maximum Gasteiger partial charge on any atom is 0.319 e. The fraction of sp³-hybridized carbons (Fsp3) is 0.357. The summed E-state index contributed by atoms with van der Waals surface area (Å²) >= 11 is 6.71. The zero-order valence-corrected chi connectivity index (χ0v) is 21.3. The van der Waals surface area contributed by atoms with Gasteiger partial charge in [0, 0.05) is 61.0 Å². The van der Waals surface area contributed by atoms with E-state index >= 15 is 0 Å². The van der Waals surface area contributed by atoms with Gasteiger partial charge in [0.25, 0.3) is 5.91 Å². The third-order valence-corrected chi connectivity index (χ3v) is 8.07. The summed E-state index contributed by atoms with van der Waals surface area (Å²) in [6, 6.07) is 13.2. The molecule has 1 aliphatic carbocycles.